The van der Waals surface area contributed by atoms with Gasteiger partial charge in [0.05, 0.1) is 0 Å². The van der Waals surface area contributed by atoms with E-state index in [0.717, 1.165) is 12.8 Å². The third-order valence-electron chi connectivity index (χ3n) is 3.38. The summed E-state index contributed by atoms with van der Waals surface area (Å²) in [5.74, 6) is 0.379. The van der Waals surface area contributed by atoms with Crippen LogP contribution in [0.2, 0.25) is 0 Å². The molecule has 0 radical (unpaired) electrons. The molecule has 0 aromatic rings. The summed E-state index contributed by atoms with van der Waals surface area (Å²) < 4.78 is 5.57. The lowest BCUT2D eigenvalue weighted by atomic mass is 9.93. The molecule has 0 amide bonds. The van der Waals surface area contributed by atoms with Crippen LogP contribution >= 0.6 is 11.8 Å². The fraction of sp³-hybridized carbons (Fsp3) is 1.00. The molecular formula is C10H19NO4S. The van der Waals surface area contributed by atoms with E-state index < -0.39 is 29.9 Å². The van der Waals surface area contributed by atoms with E-state index in [1.54, 1.807) is 6.26 Å². The van der Waals surface area contributed by atoms with Crippen molar-refractivity contribution in [1.29, 1.82) is 0 Å². The summed E-state index contributed by atoms with van der Waals surface area (Å²) in [4.78, 5) is 0. The highest BCUT2D eigenvalue weighted by molar-refractivity contribution is 7.99. The summed E-state index contributed by atoms with van der Waals surface area (Å²) in [6, 6.07) is -0.258. The van der Waals surface area contributed by atoms with Gasteiger partial charge in [0.2, 0.25) is 0 Å². The topological polar surface area (TPSA) is 95.9 Å². The molecule has 94 valence electrons. The molecule has 1 saturated carbocycles. The van der Waals surface area contributed by atoms with Crippen molar-refractivity contribution in [3.8, 4) is 0 Å². The number of rotatable bonds is 3. The molecule has 1 aliphatic carbocycles. The average molecular weight is 249 g/mol. The first kappa shape index (κ1) is 12.6. The van der Waals surface area contributed by atoms with Gasteiger partial charge < -0.3 is 25.8 Å². The molecule has 16 heavy (non-hydrogen) atoms. The first-order chi connectivity index (χ1) is 7.56. The van der Waals surface area contributed by atoms with Crippen LogP contribution in [-0.2, 0) is 4.74 Å². The SMILES string of the molecule is CSC1OC(C(N)C2CC2)C(O)C(O)C1O. The van der Waals surface area contributed by atoms with Gasteiger partial charge in [-0.1, -0.05) is 0 Å². The summed E-state index contributed by atoms with van der Waals surface area (Å²) in [6.45, 7) is 0. The predicted molar refractivity (Wildman–Crippen MR) is 60.9 cm³/mol. The van der Waals surface area contributed by atoms with Crippen molar-refractivity contribution in [3.63, 3.8) is 0 Å². The lowest BCUT2D eigenvalue weighted by molar-refractivity contribution is -0.203. The van der Waals surface area contributed by atoms with E-state index in [4.69, 9.17) is 10.5 Å². The van der Waals surface area contributed by atoms with Gasteiger partial charge in [-0.15, -0.1) is 11.8 Å². The van der Waals surface area contributed by atoms with Gasteiger partial charge in [-0.2, -0.15) is 0 Å². The zero-order chi connectivity index (χ0) is 11.9. The van der Waals surface area contributed by atoms with E-state index in [1.165, 1.54) is 11.8 Å². The van der Waals surface area contributed by atoms with Gasteiger partial charge >= 0.3 is 0 Å². The summed E-state index contributed by atoms with van der Waals surface area (Å²) in [7, 11) is 0. The van der Waals surface area contributed by atoms with Gasteiger partial charge in [-0.05, 0) is 25.0 Å². The number of thioether (sulfide) groups is 1. The van der Waals surface area contributed by atoms with Crippen LogP contribution in [0.3, 0.4) is 0 Å². The number of ether oxygens (including phenoxy) is 1. The van der Waals surface area contributed by atoms with Crippen LogP contribution in [0, 0.1) is 5.92 Å². The largest absolute Gasteiger partial charge is 0.388 e. The van der Waals surface area contributed by atoms with Gasteiger partial charge in [-0.3, -0.25) is 0 Å². The molecule has 0 bridgehead atoms. The number of nitrogens with two attached hydrogens (primary N) is 1. The first-order valence-corrected chi connectivity index (χ1v) is 6.83. The monoisotopic (exact) mass is 249 g/mol. The Labute approximate surface area is 99.0 Å². The van der Waals surface area contributed by atoms with Crippen molar-refractivity contribution in [2.75, 3.05) is 6.26 Å². The van der Waals surface area contributed by atoms with Gasteiger partial charge in [0.15, 0.2) is 0 Å². The van der Waals surface area contributed by atoms with E-state index in [-0.39, 0.29) is 6.04 Å². The van der Waals surface area contributed by atoms with Gasteiger partial charge in [0.1, 0.15) is 29.9 Å². The van der Waals surface area contributed by atoms with Crippen LogP contribution in [0.4, 0.5) is 0 Å². The molecule has 6 unspecified atom stereocenters. The normalized spacial score (nSPS) is 46.7. The van der Waals surface area contributed by atoms with Crippen molar-refractivity contribution < 1.29 is 20.1 Å². The maximum absolute atomic E-state index is 9.84. The van der Waals surface area contributed by atoms with Crippen LogP contribution in [-0.4, -0.2) is 57.5 Å². The van der Waals surface area contributed by atoms with E-state index in [1.807, 2.05) is 0 Å². The molecule has 6 atom stereocenters. The van der Waals surface area contributed by atoms with E-state index in [9.17, 15) is 15.3 Å². The van der Waals surface area contributed by atoms with Crippen LogP contribution in [0.5, 0.6) is 0 Å². The minimum Gasteiger partial charge on any atom is -0.388 e. The number of hydrogen-bond acceptors (Lipinski definition) is 6. The fourth-order valence-corrected chi connectivity index (χ4v) is 2.82. The number of hydrogen-bond donors (Lipinski definition) is 4. The van der Waals surface area contributed by atoms with Crippen molar-refractivity contribution in [1.82, 2.24) is 0 Å². The average Bonchev–Trinajstić information content (AvgIpc) is 3.09. The second-order valence-electron chi connectivity index (χ2n) is 4.59. The lowest BCUT2D eigenvalue weighted by Crippen LogP contribution is -2.61. The third kappa shape index (κ3) is 2.23. The zero-order valence-corrected chi connectivity index (χ0v) is 10.0. The molecule has 1 aliphatic heterocycles. The Hall–Kier alpha value is 0.150. The van der Waals surface area contributed by atoms with Crippen molar-refractivity contribution in [2.24, 2.45) is 11.7 Å². The van der Waals surface area contributed by atoms with Crippen molar-refractivity contribution >= 4 is 11.8 Å². The second-order valence-corrected chi connectivity index (χ2v) is 5.53. The number of aliphatic hydroxyl groups excluding tert-OH is 3. The first-order valence-electron chi connectivity index (χ1n) is 5.54. The maximum Gasteiger partial charge on any atom is 0.132 e. The Morgan fingerprint density at radius 3 is 2.31 bits per heavy atom. The molecule has 1 heterocycles. The van der Waals surface area contributed by atoms with E-state index >= 15 is 0 Å². The molecule has 6 heteroatoms. The standard InChI is InChI=1S/C10H19NO4S/c1-16-10-8(14)6(12)7(13)9(15-10)5(11)4-2-3-4/h4-10,12-14H,2-3,11H2,1H3. The molecule has 0 aromatic carbocycles. The van der Waals surface area contributed by atoms with Gasteiger partial charge in [-0.25, -0.2) is 0 Å². The lowest BCUT2D eigenvalue weighted by Gasteiger charge is -2.42. The second kappa shape index (κ2) is 4.80. The molecule has 2 rings (SSSR count). The Kier molecular flexibility index (Phi) is 3.78. The summed E-state index contributed by atoms with van der Waals surface area (Å²) >= 11 is 1.31. The maximum atomic E-state index is 9.84. The third-order valence-corrected chi connectivity index (χ3v) is 4.24. The minimum absolute atomic E-state index is 0.258. The molecular weight excluding hydrogens is 230 g/mol. The molecule has 5 nitrogen and oxygen atoms in total. The highest BCUT2D eigenvalue weighted by Crippen LogP contribution is 2.37. The Morgan fingerprint density at radius 1 is 1.19 bits per heavy atom. The summed E-state index contributed by atoms with van der Waals surface area (Å²) in [6.07, 6.45) is -0.0315. The highest BCUT2D eigenvalue weighted by atomic mass is 32.2. The predicted octanol–water partition coefficient (Wildman–Crippen LogP) is -1.11. The van der Waals surface area contributed by atoms with Crippen LogP contribution in [0.15, 0.2) is 0 Å². The van der Waals surface area contributed by atoms with E-state index in [0.29, 0.717) is 5.92 Å². The molecule has 1 saturated heterocycles. The highest BCUT2D eigenvalue weighted by Gasteiger charge is 2.48. The van der Waals surface area contributed by atoms with Crippen molar-refractivity contribution in [2.45, 2.75) is 48.7 Å². The van der Waals surface area contributed by atoms with Crippen LogP contribution in [0.1, 0.15) is 12.8 Å². The van der Waals surface area contributed by atoms with Gasteiger partial charge in [0.25, 0.3) is 0 Å². The van der Waals surface area contributed by atoms with Crippen LogP contribution < -0.4 is 5.73 Å². The van der Waals surface area contributed by atoms with Crippen molar-refractivity contribution in [3.05, 3.63) is 0 Å². The Balaban J connectivity index is 2.06. The minimum atomic E-state index is -1.18. The quantitative estimate of drug-likeness (QED) is 0.507. The molecule has 0 aromatic heterocycles. The zero-order valence-electron chi connectivity index (χ0n) is 9.19. The molecule has 2 fully saturated rings. The Morgan fingerprint density at radius 2 is 1.81 bits per heavy atom. The molecule has 0 spiro atoms. The van der Waals surface area contributed by atoms with Gasteiger partial charge in [0, 0.05) is 6.04 Å². The Bertz CT molecular complexity index is 249. The fourth-order valence-electron chi connectivity index (χ4n) is 2.14. The van der Waals surface area contributed by atoms with Crippen LogP contribution in [0.25, 0.3) is 0 Å². The summed E-state index contributed by atoms with van der Waals surface area (Å²) in [5.41, 5.74) is 5.46. The molecule has 5 N–H and O–H groups in total. The number of aliphatic hydroxyl groups is 3. The smallest absolute Gasteiger partial charge is 0.132 e. The molecule has 2 aliphatic rings. The summed E-state index contributed by atoms with van der Waals surface area (Å²) in [5, 5.41) is 29.2. The van der Waals surface area contributed by atoms with E-state index in [2.05, 4.69) is 0 Å².